The lowest BCUT2D eigenvalue weighted by Crippen LogP contribution is -2.38. The third-order valence-corrected chi connectivity index (χ3v) is 2.80. The van der Waals surface area contributed by atoms with Crippen LogP contribution < -0.4 is 5.32 Å². The Bertz CT molecular complexity index is 129. The van der Waals surface area contributed by atoms with Crippen molar-refractivity contribution < 1.29 is 0 Å². The van der Waals surface area contributed by atoms with Gasteiger partial charge in [0.2, 0.25) is 0 Å². The molecule has 1 aliphatic rings. The molecule has 0 aromatic carbocycles. The Morgan fingerprint density at radius 1 is 1.27 bits per heavy atom. The van der Waals surface area contributed by atoms with Gasteiger partial charge >= 0.3 is 0 Å². The van der Waals surface area contributed by atoms with Crippen molar-refractivity contribution >= 4 is 0 Å². The summed E-state index contributed by atoms with van der Waals surface area (Å²) in [6, 6.07) is 0.758. The summed E-state index contributed by atoms with van der Waals surface area (Å²) < 4.78 is 0. The Labute approximate surface area is 70.6 Å². The summed E-state index contributed by atoms with van der Waals surface area (Å²) in [6.45, 7) is 7.13. The van der Waals surface area contributed by atoms with Crippen molar-refractivity contribution in [3.8, 4) is 0 Å². The SMILES string of the molecule is CNC1C[C@H](C)CC(C)(C)C1. The van der Waals surface area contributed by atoms with Gasteiger partial charge in [-0.25, -0.2) is 0 Å². The molecule has 1 unspecified atom stereocenters. The van der Waals surface area contributed by atoms with Crippen LogP contribution >= 0.6 is 0 Å². The van der Waals surface area contributed by atoms with E-state index < -0.39 is 0 Å². The predicted octanol–water partition coefficient (Wildman–Crippen LogP) is 2.42. The molecule has 1 fully saturated rings. The van der Waals surface area contributed by atoms with E-state index >= 15 is 0 Å². The average molecular weight is 155 g/mol. The number of rotatable bonds is 1. The van der Waals surface area contributed by atoms with E-state index in [0.717, 1.165) is 12.0 Å². The maximum atomic E-state index is 3.39. The molecular formula is C10H21N. The summed E-state index contributed by atoms with van der Waals surface area (Å²) in [5.74, 6) is 0.899. The molecule has 1 saturated carbocycles. The zero-order valence-corrected chi connectivity index (χ0v) is 8.28. The van der Waals surface area contributed by atoms with Crippen LogP contribution in [0, 0.1) is 11.3 Å². The highest BCUT2D eigenvalue weighted by Crippen LogP contribution is 2.38. The minimum atomic E-state index is 0.561. The van der Waals surface area contributed by atoms with E-state index in [1.807, 2.05) is 0 Å². The minimum absolute atomic E-state index is 0.561. The minimum Gasteiger partial charge on any atom is -0.317 e. The van der Waals surface area contributed by atoms with Gasteiger partial charge in [-0.05, 0) is 37.6 Å². The van der Waals surface area contributed by atoms with E-state index in [9.17, 15) is 0 Å². The molecule has 11 heavy (non-hydrogen) atoms. The van der Waals surface area contributed by atoms with Gasteiger partial charge in [-0.3, -0.25) is 0 Å². The molecule has 0 bridgehead atoms. The molecule has 0 radical (unpaired) electrons. The quantitative estimate of drug-likeness (QED) is 0.613. The molecule has 0 aromatic rings. The Hall–Kier alpha value is -0.0400. The molecule has 1 heteroatoms. The molecule has 2 atom stereocenters. The van der Waals surface area contributed by atoms with Crippen molar-refractivity contribution in [2.24, 2.45) is 11.3 Å². The molecule has 1 nitrogen and oxygen atoms in total. The molecule has 0 aliphatic heterocycles. The number of nitrogens with one attached hydrogen (secondary N) is 1. The van der Waals surface area contributed by atoms with Crippen LogP contribution in [0.3, 0.4) is 0 Å². The fraction of sp³-hybridized carbons (Fsp3) is 1.00. The molecule has 1 aliphatic carbocycles. The molecule has 0 aromatic heterocycles. The first kappa shape index (κ1) is 9.05. The monoisotopic (exact) mass is 155 g/mol. The van der Waals surface area contributed by atoms with Crippen molar-refractivity contribution in [3.05, 3.63) is 0 Å². The van der Waals surface area contributed by atoms with Crippen molar-refractivity contribution in [2.45, 2.75) is 46.1 Å². The normalized spacial score (nSPS) is 37.1. The van der Waals surface area contributed by atoms with Crippen LogP contribution in [-0.2, 0) is 0 Å². The molecule has 66 valence electrons. The molecule has 0 amide bonds. The van der Waals surface area contributed by atoms with Crippen LogP contribution in [0.1, 0.15) is 40.0 Å². The first-order valence-electron chi connectivity index (χ1n) is 4.71. The van der Waals surface area contributed by atoms with Crippen molar-refractivity contribution in [1.29, 1.82) is 0 Å². The largest absolute Gasteiger partial charge is 0.317 e. The summed E-state index contributed by atoms with van der Waals surface area (Å²) in [6.07, 6.45) is 4.10. The van der Waals surface area contributed by atoms with Gasteiger partial charge in [0.15, 0.2) is 0 Å². The lowest BCUT2D eigenvalue weighted by atomic mass is 9.71. The van der Waals surface area contributed by atoms with Gasteiger partial charge in [0.25, 0.3) is 0 Å². The second kappa shape index (κ2) is 3.14. The zero-order valence-electron chi connectivity index (χ0n) is 8.28. The van der Waals surface area contributed by atoms with E-state index in [1.54, 1.807) is 0 Å². The second-order valence-corrected chi connectivity index (χ2v) is 4.90. The maximum Gasteiger partial charge on any atom is 0.00716 e. The molecule has 1 N–H and O–H groups in total. The van der Waals surface area contributed by atoms with E-state index in [1.165, 1.54) is 19.3 Å². The summed E-state index contributed by atoms with van der Waals surface area (Å²) >= 11 is 0. The lowest BCUT2D eigenvalue weighted by molar-refractivity contribution is 0.156. The van der Waals surface area contributed by atoms with Gasteiger partial charge in [0, 0.05) is 6.04 Å². The third-order valence-electron chi connectivity index (χ3n) is 2.80. The van der Waals surface area contributed by atoms with Crippen molar-refractivity contribution in [3.63, 3.8) is 0 Å². The number of hydrogen-bond acceptors (Lipinski definition) is 1. The first-order valence-corrected chi connectivity index (χ1v) is 4.71. The molecule has 0 saturated heterocycles. The third kappa shape index (κ3) is 2.48. The topological polar surface area (TPSA) is 12.0 Å². The standard InChI is InChI=1S/C10H21N/c1-8-5-9(11-4)7-10(2,3)6-8/h8-9,11H,5-7H2,1-4H3/t8-,9?/m0/s1. The van der Waals surface area contributed by atoms with Crippen LogP contribution in [-0.4, -0.2) is 13.1 Å². The van der Waals surface area contributed by atoms with E-state index in [4.69, 9.17) is 0 Å². The van der Waals surface area contributed by atoms with Crippen LogP contribution in [0.2, 0.25) is 0 Å². The van der Waals surface area contributed by atoms with Gasteiger partial charge < -0.3 is 5.32 Å². The highest BCUT2D eigenvalue weighted by atomic mass is 14.9. The van der Waals surface area contributed by atoms with Gasteiger partial charge in [0.05, 0.1) is 0 Å². The van der Waals surface area contributed by atoms with Crippen LogP contribution in [0.15, 0.2) is 0 Å². The Kier molecular flexibility index (Phi) is 2.58. The van der Waals surface area contributed by atoms with Gasteiger partial charge in [-0.15, -0.1) is 0 Å². The Morgan fingerprint density at radius 2 is 1.91 bits per heavy atom. The number of hydrogen-bond donors (Lipinski definition) is 1. The van der Waals surface area contributed by atoms with Gasteiger partial charge in [0.1, 0.15) is 0 Å². The van der Waals surface area contributed by atoms with Crippen LogP contribution in [0.5, 0.6) is 0 Å². The molecule has 1 rings (SSSR count). The predicted molar refractivity (Wildman–Crippen MR) is 49.6 cm³/mol. The molecule has 0 spiro atoms. The maximum absolute atomic E-state index is 3.39. The highest BCUT2D eigenvalue weighted by Gasteiger charge is 2.30. The van der Waals surface area contributed by atoms with Gasteiger partial charge in [-0.1, -0.05) is 20.8 Å². The van der Waals surface area contributed by atoms with Gasteiger partial charge in [-0.2, -0.15) is 0 Å². The van der Waals surface area contributed by atoms with E-state index in [-0.39, 0.29) is 0 Å². The Morgan fingerprint density at radius 3 is 2.36 bits per heavy atom. The Balaban J connectivity index is 2.51. The summed E-state index contributed by atoms with van der Waals surface area (Å²) in [7, 11) is 2.08. The van der Waals surface area contributed by atoms with Crippen molar-refractivity contribution in [1.82, 2.24) is 5.32 Å². The second-order valence-electron chi connectivity index (χ2n) is 4.90. The summed E-state index contributed by atoms with van der Waals surface area (Å²) in [5, 5.41) is 3.39. The van der Waals surface area contributed by atoms with Crippen LogP contribution in [0.4, 0.5) is 0 Å². The molecule has 0 heterocycles. The van der Waals surface area contributed by atoms with E-state index in [0.29, 0.717) is 5.41 Å². The first-order chi connectivity index (χ1) is 5.03. The average Bonchev–Trinajstić information content (AvgIpc) is 1.83. The fourth-order valence-corrected chi connectivity index (χ4v) is 2.57. The van der Waals surface area contributed by atoms with Crippen molar-refractivity contribution in [2.75, 3.05) is 7.05 Å². The summed E-state index contributed by atoms with van der Waals surface area (Å²) in [4.78, 5) is 0. The smallest absolute Gasteiger partial charge is 0.00716 e. The van der Waals surface area contributed by atoms with E-state index in [2.05, 4.69) is 33.1 Å². The molecular weight excluding hydrogens is 134 g/mol. The summed E-state index contributed by atoms with van der Waals surface area (Å²) in [5.41, 5.74) is 0.561. The highest BCUT2D eigenvalue weighted by molar-refractivity contribution is 4.85. The fourth-order valence-electron chi connectivity index (χ4n) is 2.57. The lowest BCUT2D eigenvalue weighted by Gasteiger charge is -2.38. The van der Waals surface area contributed by atoms with Crippen LogP contribution in [0.25, 0.3) is 0 Å². The zero-order chi connectivity index (χ0) is 8.48.